The molecule has 0 amide bonds. The van der Waals surface area contributed by atoms with Crippen molar-refractivity contribution in [3.05, 3.63) is 65.7 Å². The van der Waals surface area contributed by atoms with E-state index in [1.54, 1.807) is 7.11 Å². The molecule has 23 heavy (non-hydrogen) atoms. The van der Waals surface area contributed by atoms with Gasteiger partial charge >= 0.3 is 0 Å². The highest BCUT2D eigenvalue weighted by atomic mass is 16.5. The molecule has 1 aliphatic carbocycles. The number of fused-ring (bicyclic) bond motifs is 2. The summed E-state index contributed by atoms with van der Waals surface area (Å²) in [5, 5.41) is 2.26. The Kier molecular flexibility index (Phi) is 3.19. The van der Waals surface area contributed by atoms with Crippen LogP contribution in [0.1, 0.15) is 22.8 Å². The quantitative estimate of drug-likeness (QED) is 0.673. The molecule has 3 aromatic carbocycles. The van der Waals surface area contributed by atoms with Crippen LogP contribution in [0.3, 0.4) is 0 Å². The average molecular weight is 302 g/mol. The summed E-state index contributed by atoms with van der Waals surface area (Å²) >= 11 is 0. The second-order valence-corrected chi connectivity index (χ2v) is 6.16. The van der Waals surface area contributed by atoms with Gasteiger partial charge in [-0.15, -0.1) is 0 Å². The molecule has 3 aromatic rings. The second-order valence-electron chi connectivity index (χ2n) is 6.16. The summed E-state index contributed by atoms with van der Waals surface area (Å²) < 4.78 is 5.49. The Bertz CT molecular complexity index is 924. The van der Waals surface area contributed by atoms with Crippen LogP contribution in [-0.4, -0.2) is 12.9 Å². The largest absolute Gasteiger partial charge is 0.496 e. The molecule has 0 spiro atoms. The zero-order chi connectivity index (χ0) is 16.0. The molecular formula is C21H18O2. The van der Waals surface area contributed by atoms with E-state index in [1.165, 1.54) is 16.7 Å². The number of carbonyl (C=O) groups excluding carboxylic acids is 1. The van der Waals surface area contributed by atoms with Crippen LogP contribution in [0.15, 0.2) is 54.6 Å². The highest BCUT2D eigenvalue weighted by molar-refractivity contribution is 6.06. The van der Waals surface area contributed by atoms with Gasteiger partial charge in [0.1, 0.15) is 5.75 Å². The van der Waals surface area contributed by atoms with Crippen LogP contribution >= 0.6 is 0 Å². The molecule has 2 heteroatoms. The van der Waals surface area contributed by atoms with Crippen molar-refractivity contribution in [1.82, 2.24) is 0 Å². The summed E-state index contributed by atoms with van der Waals surface area (Å²) in [4.78, 5) is 12.3. The molecule has 1 aliphatic rings. The molecule has 0 saturated heterocycles. The lowest BCUT2D eigenvalue weighted by atomic mass is 9.92. The number of ketones is 1. The third-order valence-electron chi connectivity index (χ3n) is 4.79. The number of hydrogen-bond donors (Lipinski definition) is 0. The molecule has 0 N–H and O–H groups in total. The van der Waals surface area contributed by atoms with E-state index in [4.69, 9.17) is 4.74 Å². The predicted molar refractivity (Wildman–Crippen MR) is 93.1 cm³/mol. The molecule has 0 aliphatic heterocycles. The van der Waals surface area contributed by atoms with Gasteiger partial charge in [0.2, 0.25) is 0 Å². The first kappa shape index (κ1) is 14.0. The van der Waals surface area contributed by atoms with Crippen LogP contribution < -0.4 is 4.74 Å². The zero-order valence-electron chi connectivity index (χ0n) is 13.3. The van der Waals surface area contributed by atoms with Gasteiger partial charge in [0.05, 0.1) is 7.11 Å². The van der Waals surface area contributed by atoms with Gasteiger partial charge in [-0.25, -0.2) is 0 Å². The Hall–Kier alpha value is -2.61. The van der Waals surface area contributed by atoms with Crippen molar-refractivity contribution in [3.63, 3.8) is 0 Å². The summed E-state index contributed by atoms with van der Waals surface area (Å²) in [5.74, 6) is 1.22. The molecule has 0 heterocycles. The number of hydrogen-bond acceptors (Lipinski definition) is 2. The van der Waals surface area contributed by atoms with E-state index in [-0.39, 0.29) is 11.7 Å². The van der Waals surface area contributed by atoms with E-state index in [0.717, 1.165) is 28.5 Å². The lowest BCUT2D eigenvalue weighted by molar-refractivity contribution is 0.0946. The molecule has 1 unspecified atom stereocenters. The van der Waals surface area contributed by atoms with E-state index in [1.807, 2.05) is 37.3 Å². The number of methoxy groups -OCH3 is 1. The minimum atomic E-state index is 0.0793. The van der Waals surface area contributed by atoms with Crippen molar-refractivity contribution in [1.29, 1.82) is 0 Å². The molecule has 1 atom stereocenters. The Labute approximate surface area is 135 Å². The maximum absolute atomic E-state index is 12.3. The molecule has 0 aromatic heterocycles. The number of Topliss-reactive ketones (excluding diaryl/α,β-unsaturated/α-hetero) is 1. The van der Waals surface area contributed by atoms with Crippen LogP contribution in [0.25, 0.3) is 21.9 Å². The van der Waals surface area contributed by atoms with Crippen LogP contribution in [0.5, 0.6) is 5.75 Å². The summed E-state index contributed by atoms with van der Waals surface area (Å²) in [5.41, 5.74) is 4.40. The van der Waals surface area contributed by atoms with Gasteiger partial charge in [0, 0.05) is 16.9 Å². The Morgan fingerprint density at radius 1 is 0.870 bits per heavy atom. The van der Waals surface area contributed by atoms with Crippen LogP contribution in [0, 0.1) is 5.92 Å². The van der Waals surface area contributed by atoms with Crippen LogP contribution in [-0.2, 0) is 6.42 Å². The summed E-state index contributed by atoms with van der Waals surface area (Å²) in [6, 6.07) is 18.4. The lowest BCUT2D eigenvalue weighted by Crippen LogP contribution is -2.02. The first-order valence-electron chi connectivity index (χ1n) is 7.93. The molecule has 0 bridgehead atoms. The fraction of sp³-hybridized carbons (Fsp3) is 0.190. The Morgan fingerprint density at radius 3 is 2.39 bits per heavy atom. The minimum Gasteiger partial charge on any atom is -0.496 e. The van der Waals surface area contributed by atoms with Crippen molar-refractivity contribution in [3.8, 4) is 16.9 Å². The molecule has 0 radical (unpaired) electrons. The van der Waals surface area contributed by atoms with Gasteiger partial charge in [-0.2, -0.15) is 0 Å². The molecule has 114 valence electrons. The number of carbonyl (C=O) groups is 1. The van der Waals surface area contributed by atoms with Gasteiger partial charge in [0.25, 0.3) is 0 Å². The summed E-state index contributed by atoms with van der Waals surface area (Å²) in [6.45, 7) is 2.01. The van der Waals surface area contributed by atoms with Crippen molar-refractivity contribution in [2.45, 2.75) is 13.3 Å². The number of benzene rings is 3. The fourth-order valence-electron chi connectivity index (χ4n) is 3.64. The highest BCUT2D eigenvalue weighted by Crippen LogP contribution is 2.39. The maximum atomic E-state index is 12.3. The topological polar surface area (TPSA) is 26.3 Å². The number of ether oxygens (including phenoxy) is 1. The van der Waals surface area contributed by atoms with E-state index >= 15 is 0 Å². The van der Waals surface area contributed by atoms with E-state index in [0.29, 0.717) is 0 Å². The van der Waals surface area contributed by atoms with E-state index in [9.17, 15) is 4.79 Å². The summed E-state index contributed by atoms with van der Waals surface area (Å²) in [6.07, 6.45) is 0.824. The smallest absolute Gasteiger partial charge is 0.166 e. The third-order valence-corrected chi connectivity index (χ3v) is 4.79. The number of rotatable bonds is 2. The standard InChI is InChI=1S/C21H18O2/c1-13-12-19-15(8-5-9-18(19)21(13)22)16-10-11-20(23-2)17-7-4-3-6-14(16)17/h3-11,13H,12H2,1-2H3. The van der Waals surface area contributed by atoms with Gasteiger partial charge in [0.15, 0.2) is 5.78 Å². The van der Waals surface area contributed by atoms with Gasteiger partial charge < -0.3 is 4.74 Å². The van der Waals surface area contributed by atoms with Gasteiger partial charge in [-0.1, -0.05) is 55.5 Å². The summed E-state index contributed by atoms with van der Waals surface area (Å²) in [7, 11) is 1.70. The SMILES string of the molecule is COc1ccc(-c2cccc3c2CC(C)C3=O)c2ccccc12. The molecular weight excluding hydrogens is 284 g/mol. The lowest BCUT2D eigenvalue weighted by Gasteiger charge is -2.13. The fourth-order valence-corrected chi connectivity index (χ4v) is 3.64. The van der Waals surface area contributed by atoms with Gasteiger partial charge in [-0.3, -0.25) is 4.79 Å². The van der Waals surface area contributed by atoms with E-state index < -0.39 is 0 Å². The van der Waals surface area contributed by atoms with Crippen molar-refractivity contribution in [2.75, 3.05) is 7.11 Å². The first-order valence-corrected chi connectivity index (χ1v) is 7.93. The predicted octanol–water partition coefficient (Wildman–Crippen LogP) is 4.89. The normalized spacial score (nSPS) is 16.6. The molecule has 4 rings (SSSR count). The first-order chi connectivity index (χ1) is 11.2. The molecule has 0 saturated carbocycles. The zero-order valence-corrected chi connectivity index (χ0v) is 13.3. The minimum absolute atomic E-state index is 0.0793. The van der Waals surface area contributed by atoms with Crippen molar-refractivity contribution in [2.24, 2.45) is 5.92 Å². The highest BCUT2D eigenvalue weighted by Gasteiger charge is 2.29. The average Bonchev–Trinajstić information content (AvgIpc) is 2.89. The third kappa shape index (κ3) is 2.06. The Morgan fingerprint density at radius 2 is 1.61 bits per heavy atom. The van der Waals surface area contributed by atoms with Crippen molar-refractivity contribution >= 4 is 16.6 Å². The van der Waals surface area contributed by atoms with Crippen molar-refractivity contribution < 1.29 is 9.53 Å². The van der Waals surface area contributed by atoms with Gasteiger partial charge in [-0.05, 0) is 34.6 Å². The second kappa shape index (κ2) is 5.24. The Balaban J connectivity index is 2.01. The monoisotopic (exact) mass is 302 g/mol. The van der Waals surface area contributed by atoms with Crippen LogP contribution in [0.2, 0.25) is 0 Å². The van der Waals surface area contributed by atoms with E-state index in [2.05, 4.69) is 24.3 Å². The maximum Gasteiger partial charge on any atom is 0.166 e. The van der Waals surface area contributed by atoms with Crippen LogP contribution in [0.4, 0.5) is 0 Å². The molecule has 0 fully saturated rings. The molecule has 2 nitrogen and oxygen atoms in total.